The third-order valence-electron chi connectivity index (χ3n) is 2.63. The maximum absolute atomic E-state index is 5.68. The first kappa shape index (κ1) is 11.4. The molecule has 2 rings (SSSR count). The summed E-state index contributed by atoms with van der Waals surface area (Å²) < 4.78 is 3.26. The Balaban J connectivity index is 2.33. The van der Waals surface area contributed by atoms with Crippen LogP contribution in [-0.2, 0) is 13.1 Å². The predicted molar refractivity (Wildman–Crippen MR) is 68.1 cm³/mol. The predicted octanol–water partition coefficient (Wildman–Crippen LogP) is 2.46. The molecule has 1 aromatic carbocycles. The average Bonchev–Trinajstić information content (AvgIpc) is 2.63. The van der Waals surface area contributed by atoms with Crippen LogP contribution in [0.25, 0.3) is 0 Å². The van der Waals surface area contributed by atoms with Crippen LogP contribution in [0.4, 0.5) is 0 Å². The van der Waals surface area contributed by atoms with Gasteiger partial charge in [-0.25, -0.2) is 4.98 Å². The lowest BCUT2D eigenvalue weighted by molar-refractivity contribution is 0.711. The molecule has 0 aliphatic carbocycles. The standard InChI is InChI=1S/C12H14BrN3/c1-9-15-7-11(6-14)16(9)8-10-4-2-3-5-12(10)13/h2-5,7H,6,8,14H2,1H3. The highest BCUT2D eigenvalue weighted by Gasteiger charge is 2.07. The van der Waals surface area contributed by atoms with E-state index < -0.39 is 0 Å². The van der Waals surface area contributed by atoms with Crippen LogP contribution in [0.15, 0.2) is 34.9 Å². The molecule has 0 spiro atoms. The molecule has 0 unspecified atom stereocenters. The van der Waals surface area contributed by atoms with E-state index in [0.717, 1.165) is 22.5 Å². The summed E-state index contributed by atoms with van der Waals surface area (Å²) in [5.41, 5.74) is 7.98. The number of benzene rings is 1. The second-order valence-electron chi connectivity index (χ2n) is 3.68. The molecule has 0 amide bonds. The van der Waals surface area contributed by atoms with Crippen LogP contribution in [0, 0.1) is 6.92 Å². The average molecular weight is 280 g/mol. The zero-order chi connectivity index (χ0) is 11.5. The molecule has 2 aromatic rings. The molecule has 0 bridgehead atoms. The van der Waals surface area contributed by atoms with Crippen molar-refractivity contribution < 1.29 is 0 Å². The van der Waals surface area contributed by atoms with Crippen molar-refractivity contribution in [3.05, 3.63) is 52.0 Å². The molecule has 4 heteroatoms. The fourth-order valence-corrected chi connectivity index (χ4v) is 2.10. The van der Waals surface area contributed by atoms with Crippen LogP contribution < -0.4 is 5.73 Å². The SMILES string of the molecule is Cc1ncc(CN)n1Cc1ccccc1Br. The second-order valence-corrected chi connectivity index (χ2v) is 4.53. The lowest BCUT2D eigenvalue weighted by atomic mass is 10.2. The van der Waals surface area contributed by atoms with Crippen molar-refractivity contribution >= 4 is 15.9 Å². The van der Waals surface area contributed by atoms with Crippen molar-refractivity contribution in [2.45, 2.75) is 20.0 Å². The van der Waals surface area contributed by atoms with Gasteiger partial charge < -0.3 is 10.3 Å². The number of imidazole rings is 1. The van der Waals surface area contributed by atoms with E-state index in [2.05, 4.69) is 31.5 Å². The molecule has 0 atom stereocenters. The number of rotatable bonds is 3. The number of nitrogens with two attached hydrogens (primary N) is 1. The summed E-state index contributed by atoms with van der Waals surface area (Å²) in [7, 11) is 0. The molecule has 2 N–H and O–H groups in total. The molecule has 0 saturated carbocycles. The molecule has 3 nitrogen and oxygen atoms in total. The summed E-state index contributed by atoms with van der Waals surface area (Å²) in [6, 6.07) is 8.19. The molecule has 0 aliphatic rings. The summed E-state index contributed by atoms with van der Waals surface area (Å²) in [4.78, 5) is 4.28. The largest absolute Gasteiger partial charge is 0.327 e. The Morgan fingerprint density at radius 2 is 2.12 bits per heavy atom. The molecule has 0 fully saturated rings. The fourth-order valence-electron chi connectivity index (χ4n) is 1.69. The normalized spacial score (nSPS) is 10.7. The minimum absolute atomic E-state index is 0.519. The molecule has 0 saturated heterocycles. The summed E-state index contributed by atoms with van der Waals surface area (Å²) in [6.07, 6.45) is 1.84. The van der Waals surface area contributed by atoms with E-state index in [0.29, 0.717) is 6.54 Å². The van der Waals surface area contributed by atoms with Gasteiger partial charge in [-0.3, -0.25) is 0 Å². The highest BCUT2D eigenvalue weighted by Crippen LogP contribution is 2.18. The minimum Gasteiger partial charge on any atom is -0.327 e. The fraction of sp³-hybridized carbons (Fsp3) is 0.250. The highest BCUT2D eigenvalue weighted by atomic mass is 79.9. The maximum atomic E-state index is 5.68. The first-order chi connectivity index (χ1) is 7.72. The van der Waals surface area contributed by atoms with Crippen molar-refractivity contribution in [1.82, 2.24) is 9.55 Å². The van der Waals surface area contributed by atoms with E-state index in [1.807, 2.05) is 31.3 Å². The summed E-state index contributed by atoms with van der Waals surface area (Å²) in [5.74, 6) is 0.996. The molecular formula is C12H14BrN3. The highest BCUT2D eigenvalue weighted by molar-refractivity contribution is 9.10. The van der Waals surface area contributed by atoms with E-state index in [9.17, 15) is 0 Å². The van der Waals surface area contributed by atoms with Gasteiger partial charge in [-0.15, -0.1) is 0 Å². The Bertz CT molecular complexity index is 491. The number of halogens is 1. The zero-order valence-corrected chi connectivity index (χ0v) is 10.7. The van der Waals surface area contributed by atoms with E-state index in [-0.39, 0.29) is 0 Å². The molecule has 0 aliphatic heterocycles. The molecular weight excluding hydrogens is 266 g/mol. The van der Waals surface area contributed by atoms with Gasteiger partial charge in [-0.1, -0.05) is 34.1 Å². The first-order valence-electron chi connectivity index (χ1n) is 5.17. The van der Waals surface area contributed by atoms with E-state index in [4.69, 9.17) is 5.73 Å². The smallest absolute Gasteiger partial charge is 0.106 e. The number of aryl methyl sites for hydroxylation is 1. The van der Waals surface area contributed by atoms with Crippen molar-refractivity contribution in [2.75, 3.05) is 0 Å². The van der Waals surface area contributed by atoms with Crippen molar-refractivity contribution in [1.29, 1.82) is 0 Å². The molecule has 1 aromatic heterocycles. The summed E-state index contributed by atoms with van der Waals surface area (Å²) in [6.45, 7) is 3.32. The third-order valence-corrected chi connectivity index (χ3v) is 3.41. The molecule has 84 valence electrons. The van der Waals surface area contributed by atoms with Gasteiger partial charge in [0.1, 0.15) is 5.82 Å². The Morgan fingerprint density at radius 3 is 2.81 bits per heavy atom. The summed E-state index contributed by atoms with van der Waals surface area (Å²) >= 11 is 3.55. The van der Waals surface area contributed by atoms with Crippen LogP contribution in [0.5, 0.6) is 0 Å². The Hall–Kier alpha value is -1.13. The lowest BCUT2D eigenvalue weighted by Crippen LogP contribution is -2.10. The Labute approximate surface area is 103 Å². The van der Waals surface area contributed by atoms with Crippen molar-refractivity contribution in [2.24, 2.45) is 5.73 Å². The maximum Gasteiger partial charge on any atom is 0.106 e. The molecule has 0 radical (unpaired) electrons. The number of hydrogen-bond donors (Lipinski definition) is 1. The van der Waals surface area contributed by atoms with E-state index in [1.165, 1.54) is 5.56 Å². The number of aromatic nitrogens is 2. The minimum atomic E-state index is 0.519. The van der Waals surface area contributed by atoms with Gasteiger partial charge in [0.25, 0.3) is 0 Å². The second kappa shape index (κ2) is 4.80. The van der Waals surface area contributed by atoms with Crippen LogP contribution in [0.3, 0.4) is 0 Å². The van der Waals surface area contributed by atoms with E-state index >= 15 is 0 Å². The molecule has 16 heavy (non-hydrogen) atoms. The lowest BCUT2D eigenvalue weighted by Gasteiger charge is -2.10. The van der Waals surface area contributed by atoms with Crippen molar-refractivity contribution in [3.63, 3.8) is 0 Å². The van der Waals surface area contributed by atoms with Gasteiger partial charge in [-0.05, 0) is 18.6 Å². The van der Waals surface area contributed by atoms with Gasteiger partial charge in [0.05, 0.1) is 12.2 Å². The van der Waals surface area contributed by atoms with E-state index in [1.54, 1.807) is 0 Å². The zero-order valence-electron chi connectivity index (χ0n) is 9.15. The number of hydrogen-bond acceptors (Lipinski definition) is 2. The first-order valence-corrected chi connectivity index (χ1v) is 5.96. The molecule has 1 heterocycles. The topological polar surface area (TPSA) is 43.8 Å². The van der Waals surface area contributed by atoms with Gasteiger partial charge in [0.2, 0.25) is 0 Å². The van der Waals surface area contributed by atoms with Crippen LogP contribution >= 0.6 is 15.9 Å². The summed E-state index contributed by atoms with van der Waals surface area (Å²) in [5, 5.41) is 0. The van der Waals surface area contributed by atoms with Crippen LogP contribution in [0.1, 0.15) is 17.1 Å². The Morgan fingerprint density at radius 1 is 1.38 bits per heavy atom. The van der Waals surface area contributed by atoms with Gasteiger partial charge in [0, 0.05) is 17.2 Å². The van der Waals surface area contributed by atoms with Gasteiger partial charge in [0.15, 0.2) is 0 Å². The monoisotopic (exact) mass is 279 g/mol. The van der Waals surface area contributed by atoms with Crippen molar-refractivity contribution in [3.8, 4) is 0 Å². The third kappa shape index (κ3) is 2.18. The number of nitrogens with zero attached hydrogens (tertiary/aromatic N) is 2. The van der Waals surface area contributed by atoms with Gasteiger partial charge in [-0.2, -0.15) is 0 Å². The van der Waals surface area contributed by atoms with Crippen LogP contribution in [0.2, 0.25) is 0 Å². The quantitative estimate of drug-likeness (QED) is 0.938. The van der Waals surface area contributed by atoms with Crippen LogP contribution in [-0.4, -0.2) is 9.55 Å². The van der Waals surface area contributed by atoms with Gasteiger partial charge >= 0.3 is 0 Å². The Kier molecular flexibility index (Phi) is 3.41.